The Bertz CT molecular complexity index is 285. The van der Waals surface area contributed by atoms with E-state index in [0.29, 0.717) is 11.9 Å². The molecule has 0 aromatic heterocycles. The molecular formula is C13H26ClN3O2. The third kappa shape index (κ3) is 4.31. The largest absolute Gasteiger partial charge is 0.383 e. The SMILES string of the molecule is COCCN1CCN(C(=O)[C@@H]2CCCN2)CC1C.Cl. The summed E-state index contributed by atoms with van der Waals surface area (Å²) in [4.78, 5) is 16.7. The van der Waals surface area contributed by atoms with E-state index >= 15 is 0 Å². The van der Waals surface area contributed by atoms with Crippen LogP contribution in [0.3, 0.4) is 0 Å². The van der Waals surface area contributed by atoms with Gasteiger partial charge in [0.25, 0.3) is 0 Å². The third-order valence-corrected chi connectivity index (χ3v) is 4.02. The first-order chi connectivity index (χ1) is 8.72. The van der Waals surface area contributed by atoms with Crippen LogP contribution >= 0.6 is 12.4 Å². The van der Waals surface area contributed by atoms with Crippen molar-refractivity contribution in [1.82, 2.24) is 15.1 Å². The van der Waals surface area contributed by atoms with Crippen molar-refractivity contribution in [3.63, 3.8) is 0 Å². The minimum Gasteiger partial charge on any atom is -0.383 e. The standard InChI is InChI=1S/C13H25N3O2.ClH/c1-11-10-16(7-6-15(11)8-9-18-2)13(17)12-4-3-5-14-12;/h11-12,14H,3-10H2,1-2H3;1H/t11?,12-;/m0./s1. The van der Waals surface area contributed by atoms with Crippen LogP contribution in [-0.4, -0.2) is 74.2 Å². The van der Waals surface area contributed by atoms with Crippen molar-refractivity contribution in [2.75, 3.05) is 46.4 Å². The number of rotatable bonds is 4. The summed E-state index contributed by atoms with van der Waals surface area (Å²) in [6.07, 6.45) is 2.12. The average Bonchev–Trinajstić information content (AvgIpc) is 2.90. The number of amides is 1. The van der Waals surface area contributed by atoms with Crippen LogP contribution in [0, 0.1) is 0 Å². The Labute approximate surface area is 122 Å². The number of nitrogens with one attached hydrogen (secondary N) is 1. The molecule has 19 heavy (non-hydrogen) atoms. The van der Waals surface area contributed by atoms with E-state index in [1.807, 2.05) is 4.90 Å². The normalized spacial score (nSPS) is 28.2. The third-order valence-electron chi connectivity index (χ3n) is 4.02. The summed E-state index contributed by atoms with van der Waals surface area (Å²) in [6.45, 7) is 7.57. The van der Waals surface area contributed by atoms with Gasteiger partial charge in [0, 0.05) is 39.3 Å². The average molecular weight is 292 g/mol. The second kappa shape index (κ2) is 8.04. The van der Waals surface area contributed by atoms with Gasteiger partial charge in [-0.15, -0.1) is 12.4 Å². The van der Waals surface area contributed by atoms with E-state index in [1.165, 1.54) is 0 Å². The molecule has 0 saturated carbocycles. The molecule has 0 spiro atoms. The summed E-state index contributed by atoms with van der Waals surface area (Å²) in [5.74, 6) is 0.297. The van der Waals surface area contributed by atoms with E-state index in [0.717, 1.165) is 52.2 Å². The molecule has 0 radical (unpaired) electrons. The quantitative estimate of drug-likeness (QED) is 0.811. The number of ether oxygens (including phenoxy) is 1. The number of halogens is 1. The van der Waals surface area contributed by atoms with Crippen LogP contribution in [0.5, 0.6) is 0 Å². The predicted molar refractivity (Wildman–Crippen MR) is 77.8 cm³/mol. The molecule has 0 aromatic carbocycles. The lowest BCUT2D eigenvalue weighted by molar-refractivity contribution is -0.136. The van der Waals surface area contributed by atoms with Gasteiger partial charge in [0.05, 0.1) is 12.6 Å². The molecule has 2 aliphatic rings. The highest BCUT2D eigenvalue weighted by molar-refractivity contribution is 5.85. The van der Waals surface area contributed by atoms with Crippen LogP contribution in [0.1, 0.15) is 19.8 Å². The summed E-state index contributed by atoms with van der Waals surface area (Å²) in [7, 11) is 1.73. The maximum absolute atomic E-state index is 12.3. The van der Waals surface area contributed by atoms with Crippen molar-refractivity contribution in [2.45, 2.75) is 31.8 Å². The van der Waals surface area contributed by atoms with Crippen molar-refractivity contribution in [1.29, 1.82) is 0 Å². The van der Waals surface area contributed by atoms with E-state index in [2.05, 4.69) is 17.1 Å². The number of hydrogen-bond acceptors (Lipinski definition) is 4. The Kier molecular flexibility index (Phi) is 7.07. The molecular weight excluding hydrogens is 266 g/mol. The number of carbonyl (C=O) groups is 1. The number of methoxy groups -OCH3 is 1. The molecule has 0 aromatic rings. The highest BCUT2D eigenvalue weighted by Crippen LogP contribution is 2.14. The number of carbonyl (C=O) groups excluding carboxylic acids is 1. The first kappa shape index (κ1) is 16.7. The van der Waals surface area contributed by atoms with Crippen LogP contribution in [0.2, 0.25) is 0 Å². The minimum absolute atomic E-state index is 0. The molecule has 6 heteroatoms. The zero-order chi connectivity index (χ0) is 13.0. The summed E-state index contributed by atoms with van der Waals surface area (Å²) >= 11 is 0. The highest BCUT2D eigenvalue weighted by atomic mass is 35.5. The fourth-order valence-electron chi connectivity index (χ4n) is 2.85. The predicted octanol–water partition coefficient (Wildman–Crippen LogP) is 0.339. The number of piperazine rings is 1. The van der Waals surface area contributed by atoms with Gasteiger partial charge in [-0.1, -0.05) is 0 Å². The van der Waals surface area contributed by atoms with Crippen LogP contribution < -0.4 is 5.32 Å². The van der Waals surface area contributed by atoms with Gasteiger partial charge in [0.1, 0.15) is 0 Å². The smallest absolute Gasteiger partial charge is 0.239 e. The zero-order valence-electron chi connectivity index (χ0n) is 11.9. The van der Waals surface area contributed by atoms with Crippen molar-refractivity contribution < 1.29 is 9.53 Å². The van der Waals surface area contributed by atoms with Crippen molar-refractivity contribution >= 4 is 18.3 Å². The van der Waals surface area contributed by atoms with Gasteiger partial charge in [-0.2, -0.15) is 0 Å². The van der Waals surface area contributed by atoms with Gasteiger partial charge < -0.3 is 15.0 Å². The lowest BCUT2D eigenvalue weighted by atomic mass is 10.1. The Morgan fingerprint density at radius 3 is 2.79 bits per heavy atom. The van der Waals surface area contributed by atoms with E-state index in [4.69, 9.17) is 4.74 Å². The number of nitrogens with zero attached hydrogens (tertiary/aromatic N) is 2. The first-order valence-corrected chi connectivity index (χ1v) is 6.97. The molecule has 112 valence electrons. The molecule has 2 heterocycles. The molecule has 1 N–H and O–H groups in total. The Morgan fingerprint density at radius 1 is 1.42 bits per heavy atom. The van der Waals surface area contributed by atoms with Crippen LogP contribution in [-0.2, 0) is 9.53 Å². The molecule has 2 aliphatic heterocycles. The topological polar surface area (TPSA) is 44.8 Å². The van der Waals surface area contributed by atoms with E-state index in [9.17, 15) is 4.79 Å². The number of hydrogen-bond donors (Lipinski definition) is 1. The van der Waals surface area contributed by atoms with Crippen molar-refractivity contribution in [3.05, 3.63) is 0 Å². The summed E-state index contributed by atoms with van der Waals surface area (Å²) in [5, 5.41) is 3.29. The molecule has 2 rings (SSSR count). The summed E-state index contributed by atoms with van der Waals surface area (Å²) in [5.41, 5.74) is 0. The van der Waals surface area contributed by atoms with Gasteiger partial charge in [0.2, 0.25) is 5.91 Å². The Hall–Kier alpha value is -0.360. The minimum atomic E-state index is 0. The fourth-order valence-corrected chi connectivity index (χ4v) is 2.85. The van der Waals surface area contributed by atoms with E-state index in [-0.39, 0.29) is 18.4 Å². The lowest BCUT2D eigenvalue weighted by Crippen LogP contribution is -2.57. The van der Waals surface area contributed by atoms with Crippen LogP contribution in [0.15, 0.2) is 0 Å². The van der Waals surface area contributed by atoms with Gasteiger partial charge in [-0.3, -0.25) is 9.69 Å². The Morgan fingerprint density at radius 2 is 2.21 bits per heavy atom. The second-order valence-electron chi connectivity index (χ2n) is 5.31. The molecule has 1 amide bonds. The Balaban J connectivity index is 0.00000180. The summed E-state index contributed by atoms with van der Waals surface area (Å²) < 4.78 is 5.12. The monoisotopic (exact) mass is 291 g/mol. The molecule has 5 nitrogen and oxygen atoms in total. The van der Waals surface area contributed by atoms with Gasteiger partial charge in [-0.25, -0.2) is 0 Å². The van der Waals surface area contributed by atoms with E-state index in [1.54, 1.807) is 7.11 Å². The second-order valence-corrected chi connectivity index (χ2v) is 5.31. The molecule has 2 saturated heterocycles. The molecule has 1 unspecified atom stereocenters. The van der Waals surface area contributed by atoms with Gasteiger partial charge in [-0.05, 0) is 26.3 Å². The zero-order valence-corrected chi connectivity index (χ0v) is 12.7. The van der Waals surface area contributed by atoms with Gasteiger partial charge in [0.15, 0.2) is 0 Å². The van der Waals surface area contributed by atoms with Crippen LogP contribution in [0.25, 0.3) is 0 Å². The maximum atomic E-state index is 12.3. The van der Waals surface area contributed by atoms with E-state index < -0.39 is 0 Å². The molecule has 0 aliphatic carbocycles. The molecule has 2 atom stereocenters. The van der Waals surface area contributed by atoms with Crippen molar-refractivity contribution in [3.8, 4) is 0 Å². The highest BCUT2D eigenvalue weighted by Gasteiger charge is 2.31. The van der Waals surface area contributed by atoms with Crippen molar-refractivity contribution in [2.24, 2.45) is 0 Å². The van der Waals surface area contributed by atoms with Gasteiger partial charge >= 0.3 is 0 Å². The fraction of sp³-hybridized carbons (Fsp3) is 0.923. The maximum Gasteiger partial charge on any atom is 0.239 e. The van der Waals surface area contributed by atoms with Crippen LogP contribution in [0.4, 0.5) is 0 Å². The summed E-state index contributed by atoms with van der Waals surface area (Å²) in [6, 6.07) is 0.502. The molecule has 2 fully saturated rings. The first-order valence-electron chi connectivity index (χ1n) is 6.97. The molecule has 0 bridgehead atoms. The lowest BCUT2D eigenvalue weighted by Gasteiger charge is -2.40.